The first-order chi connectivity index (χ1) is 9.50. The summed E-state index contributed by atoms with van der Waals surface area (Å²) < 4.78 is 0. The summed E-state index contributed by atoms with van der Waals surface area (Å²) in [6.45, 7) is 4.62. The summed E-state index contributed by atoms with van der Waals surface area (Å²) in [6.07, 6.45) is 1.11. The first kappa shape index (κ1) is 14.6. The smallest absolute Gasteiger partial charge is 0.245 e. The topological polar surface area (TPSA) is 40.6 Å². The third kappa shape index (κ3) is 3.00. The molecule has 1 atom stereocenters. The molecule has 2 rings (SSSR count). The van der Waals surface area contributed by atoms with Gasteiger partial charge in [-0.05, 0) is 25.8 Å². The average Bonchev–Trinajstić information content (AvgIpc) is 2.76. The summed E-state index contributed by atoms with van der Waals surface area (Å²) in [5.74, 6) is 0.115. The van der Waals surface area contributed by atoms with Gasteiger partial charge < -0.3 is 9.80 Å². The van der Waals surface area contributed by atoms with Gasteiger partial charge in [0.05, 0.1) is 0 Å². The van der Waals surface area contributed by atoms with Gasteiger partial charge in [0.25, 0.3) is 0 Å². The van der Waals surface area contributed by atoms with E-state index in [1.54, 1.807) is 11.9 Å². The number of amides is 2. The summed E-state index contributed by atoms with van der Waals surface area (Å²) in [5.41, 5.74) is 1.11. The van der Waals surface area contributed by atoms with E-state index in [0.717, 1.165) is 5.56 Å². The van der Waals surface area contributed by atoms with E-state index in [0.29, 0.717) is 19.4 Å². The Kier molecular flexibility index (Phi) is 4.42. The molecule has 20 heavy (non-hydrogen) atoms. The molecule has 1 aromatic rings. The van der Waals surface area contributed by atoms with Crippen LogP contribution in [-0.4, -0.2) is 40.7 Å². The maximum Gasteiger partial charge on any atom is 0.245 e. The van der Waals surface area contributed by atoms with Crippen LogP contribution in [0.3, 0.4) is 0 Å². The Hall–Kier alpha value is -1.84. The molecular formula is C16H22N2O2. The van der Waals surface area contributed by atoms with Gasteiger partial charge in [-0.1, -0.05) is 30.3 Å². The highest BCUT2D eigenvalue weighted by atomic mass is 16.2. The largest absolute Gasteiger partial charge is 0.334 e. The Morgan fingerprint density at radius 2 is 2.00 bits per heavy atom. The molecule has 1 saturated heterocycles. The van der Waals surface area contributed by atoms with Crippen LogP contribution in [0.15, 0.2) is 30.3 Å². The van der Waals surface area contributed by atoms with Gasteiger partial charge in [-0.25, -0.2) is 0 Å². The van der Waals surface area contributed by atoms with E-state index in [9.17, 15) is 9.59 Å². The first-order valence-electron chi connectivity index (χ1n) is 7.10. The third-order valence-electron chi connectivity index (χ3n) is 3.88. The fourth-order valence-corrected chi connectivity index (χ4v) is 2.58. The van der Waals surface area contributed by atoms with Crippen LogP contribution in [-0.2, 0) is 16.1 Å². The van der Waals surface area contributed by atoms with Gasteiger partial charge in [-0.15, -0.1) is 0 Å². The van der Waals surface area contributed by atoms with Crippen molar-refractivity contribution in [3.05, 3.63) is 35.9 Å². The van der Waals surface area contributed by atoms with Crippen molar-refractivity contribution >= 4 is 11.8 Å². The second-order valence-corrected chi connectivity index (χ2v) is 5.60. The van der Waals surface area contributed by atoms with Crippen LogP contribution in [0.1, 0.15) is 32.3 Å². The quantitative estimate of drug-likeness (QED) is 0.843. The lowest BCUT2D eigenvalue weighted by atomic mass is 10.1. The second-order valence-electron chi connectivity index (χ2n) is 5.60. The number of rotatable bonds is 4. The van der Waals surface area contributed by atoms with Crippen LogP contribution in [0.2, 0.25) is 0 Å². The van der Waals surface area contributed by atoms with Gasteiger partial charge in [0.1, 0.15) is 6.04 Å². The van der Waals surface area contributed by atoms with Gasteiger partial charge in [-0.3, -0.25) is 9.59 Å². The molecule has 1 aliphatic rings. The van der Waals surface area contributed by atoms with Crippen molar-refractivity contribution in [3.63, 3.8) is 0 Å². The molecule has 0 aromatic heterocycles. The van der Waals surface area contributed by atoms with Gasteiger partial charge in [0, 0.05) is 26.1 Å². The number of likely N-dealkylation sites (N-methyl/N-ethyl adjacent to an activating group) is 1. The van der Waals surface area contributed by atoms with Gasteiger partial charge in [0.15, 0.2) is 0 Å². The van der Waals surface area contributed by atoms with E-state index in [2.05, 4.69) is 0 Å². The molecule has 0 saturated carbocycles. The van der Waals surface area contributed by atoms with Crippen LogP contribution in [0, 0.1) is 0 Å². The summed E-state index contributed by atoms with van der Waals surface area (Å²) in [6, 6.07) is 9.78. The van der Waals surface area contributed by atoms with Crippen molar-refractivity contribution in [2.24, 2.45) is 0 Å². The molecule has 2 amide bonds. The lowest BCUT2D eigenvalue weighted by molar-refractivity contribution is -0.142. The zero-order chi connectivity index (χ0) is 14.7. The molecule has 1 aromatic carbocycles. The molecule has 4 nitrogen and oxygen atoms in total. The van der Waals surface area contributed by atoms with Gasteiger partial charge in [0.2, 0.25) is 11.8 Å². The average molecular weight is 274 g/mol. The van der Waals surface area contributed by atoms with Crippen molar-refractivity contribution in [2.75, 3.05) is 7.05 Å². The Bertz CT molecular complexity index is 485. The third-order valence-corrected chi connectivity index (χ3v) is 3.88. The molecule has 1 heterocycles. The van der Waals surface area contributed by atoms with E-state index in [4.69, 9.17) is 0 Å². The van der Waals surface area contributed by atoms with E-state index >= 15 is 0 Å². The second kappa shape index (κ2) is 6.07. The van der Waals surface area contributed by atoms with Crippen LogP contribution in [0.4, 0.5) is 0 Å². The highest BCUT2D eigenvalue weighted by Gasteiger charge is 2.36. The normalized spacial score (nSPS) is 18.7. The minimum absolute atomic E-state index is 0.0530. The highest BCUT2D eigenvalue weighted by molar-refractivity contribution is 5.90. The maximum absolute atomic E-state index is 12.7. The molecule has 0 bridgehead atoms. The van der Waals surface area contributed by atoms with Crippen molar-refractivity contribution in [1.29, 1.82) is 0 Å². The predicted molar refractivity (Wildman–Crippen MR) is 77.9 cm³/mol. The highest BCUT2D eigenvalue weighted by Crippen LogP contribution is 2.21. The van der Waals surface area contributed by atoms with Gasteiger partial charge >= 0.3 is 0 Å². The summed E-state index contributed by atoms with van der Waals surface area (Å²) in [4.78, 5) is 27.7. The molecule has 0 N–H and O–H groups in total. The first-order valence-corrected chi connectivity index (χ1v) is 7.10. The SMILES string of the molecule is CC(C)N(Cc1ccccc1)C(=O)C1CCC(=O)N1C. The minimum atomic E-state index is -0.298. The lowest BCUT2D eigenvalue weighted by Crippen LogP contribution is -2.47. The van der Waals surface area contributed by atoms with E-state index in [1.807, 2.05) is 49.1 Å². The number of hydrogen-bond donors (Lipinski definition) is 0. The van der Waals surface area contributed by atoms with Crippen molar-refractivity contribution in [1.82, 2.24) is 9.80 Å². The summed E-state index contributed by atoms with van der Waals surface area (Å²) in [7, 11) is 1.72. The van der Waals surface area contributed by atoms with E-state index < -0.39 is 0 Å². The summed E-state index contributed by atoms with van der Waals surface area (Å²) >= 11 is 0. The number of hydrogen-bond acceptors (Lipinski definition) is 2. The number of carbonyl (C=O) groups excluding carboxylic acids is 2. The summed E-state index contributed by atoms with van der Waals surface area (Å²) in [5, 5.41) is 0. The number of carbonyl (C=O) groups is 2. The predicted octanol–water partition coefficient (Wildman–Crippen LogP) is 2.04. The molecule has 0 aliphatic carbocycles. The Morgan fingerprint density at radius 3 is 2.50 bits per heavy atom. The van der Waals surface area contributed by atoms with Crippen LogP contribution in [0.25, 0.3) is 0 Å². The maximum atomic E-state index is 12.7. The monoisotopic (exact) mass is 274 g/mol. The zero-order valence-electron chi connectivity index (χ0n) is 12.4. The van der Waals surface area contributed by atoms with Crippen LogP contribution >= 0.6 is 0 Å². The minimum Gasteiger partial charge on any atom is -0.334 e. The Labute approximate surface area is 120 Å². The van der Waals surface area contributed by atoms with Crippen LogP contribution < -0.4 is 0 Å². The van der Waals surface area contributed by atoms with Gasteiger partial charge in [-0.2, -0.15) is 0 Å². The van der Waals surface area contributed by atoms with Crippen LogP contribution in [0.5, 0.6) is 0 Å². The number of nitrogens with zero attached hydrogens (tertiary/aromatic N) is 2. The standard InChI is InChI=1S/C16H22N2O2/c1-12(2)18(11-13-7-5-4-6-8-13)16(20)14-9-10-15(19)17(14)3/h4-8,12,14H,9-11H2,1-3H3. The Morgan fingerprint density at radius 1 is 1.35 bits per heavy atom. The number of benzene rings is 1. The fourth-order valence-electron chi connectivity index (χ4n) is 2.58. The Balaban J connectivity index is 2.13. The zero-order valence-corrected chi connectivity index (χ0v) is 12.4. The van der Waals surface area contributed by atoms with Crippen molar-refractivity contribution in [2.45, 2.75) is 45.3 Å². The molecule has 4 heteroatoms. The molecule has 1 aliphatic heterocycles. The number of likely N-dealkylation sites (tertiary alicyclic amines) is 1. The fraction of sp³-hybridized carbons (Fsp3) is 0.500. The van der Waals surface area contributed by atoms with Crippen molar-refractivity contribution in [3.8, 4) is 0 Å². The lowest BCUT2D eigenvalue weighted by Gasteiger charge is -2.31. The van der Waals surface area contributed by atoms with Crippen molar-refractivity contribution < 1.29 is 9.59 Å². The molecule has 1 unspecified atom stereocenters. The molecule has 0 radical (unpaired) electrons. The van der Waals surface area contributed by atoms with E-state index in [1.165, 1.54) is 0 Å². The molecule has 1 fully saturated rings. The molecule has 0 spiro atoms. The molecule has 108 valence electrons. The molecular weight excluding hydrogens is 252 g/mol. The van der Waals surface area contributed by atoms with E-state index in [-0.39, 0.29) is 23.9 Å².